The van der Waals surface area contributed by atoms with Crippen molar-refractivity contribution in [3.63, 3.8) is 0 Å². The molecule has 0 N–H and O–H groups in total. The van der Waals surface area contributed by atoms with Crippen molar-refractivity contribution in [2.45, 2.75) is 0 Å². The lowest BCUT2D eigenvalue weighted by atomic mass is 9.99. The molecule has 25 heavy (non-hydrogen) atoms. The normalized spacial score (nSPS) is 10.7. The predicted octanol–water partition coefficient (Wildman–Crippen LogP) is 4.88. The number of nitrogens with zero attached hydrogens (tertiary/aromatic N) is 2. The minimum Gasteiger partial charge on any atom is -0.258 e. The zero-order valence-corrected chi connectivity index (χ0v) is 12.3. The summed E-state index contributed by atoms with van der Waals surface area (Å²) >= 11 is 0. The van der Waals surface area contributed by atoms with Gasteiger partial charge in [-0.1, -0.05) is 18.2 Å². The van der Waals surface area contributed by atoms with E-state index in [2.05, 4.69) is 4.98 Å². The largest absolute Gasteiger partial charge is 0.303 e. The first-order valence-electron chi connectivity index (χ1n) is 6.94. The topological polar surface area (TPSA) is 56.0 Å². The molecule has 0 amide bonds. The van der Waals surface area contributed by atoms with Crippen molar-refractivity contribution < 1.29 is 22.5 Å². The van der Waals surface area contributed by atoms with Crippen LogP contribution in [-0.2, 0) is 0 Å². The van der Waals surface area contributed by atoms with Crippen LogP contribution in [0.4, 0.5) is 23.2 Å². The summed E-state index contributed by atoms with van der Waals surface area (Å²) in [5, 5.41) is 11.5. The van der Waals surface area contributed by atoms with E-state index in [-0.39, 0.29) is 11.1 Å². The van der Waals surface area contributed by atoms with Crippen molar-refractivity contribution in [3.05, 3.63) is 82.0 Å². The van der Waals surface area contributed by atoms with Crippen molar-refractivity contribution in [3.8, 4) is 22.4 Å². The maximum atomic E-state index is 14.1. The fourth-order valence-electron chi connectivity index (χ4n) is 2.45. The van der Waals surface area contributed by atoms with Crippen LogP contribution in [0.5, 0.6) is 0 Å². The highest BCUT2D eigenvalue weighted by Gasteiger charge is 2.27. The number of aromatic nitrogens is 1. The van der Waals surface area contributed by atoms with Gasteiger partial charge in [0.2, 0.25) is 0 Å². The number of halogens is 4. The molecule has 0 fully saturated rings. The minimum atomic E-state index is -1.32. The summed E-state index contributed by atoms with van der Waals surface area (Å²) in [6.45, 7) is 0. The quantitative estimate of drug-likeness (QED) is 0.385. The minimum absolute atomic E-state index is 0.296. The summed E-state index contributed by atoms with van der Waals surface area (Å²) in [7, 11) is 0. The van der Waals surface area contributed by atoms with Gasteiger partial charge in [-0.15, -0.1) is 0 Å². The Hall–Kier alpha value is -3.29. The standard InChI is InChI=1S/C17H8F4N2O2/c18-12-5-1-3-9(14(12)20)10-7-8-22-16(17(10)23(24)25)11-4-2-6-13(19)15(11)21/h1-8H. The molecule has 0 saturated heterocycles. The first-order valence-corrected chi connectivity index (χ1v) is 6.94. The molecule has 8 heteroatoms. The summed E-state index contributed by atoms with van der Waals surface area (Å²) in [6, 6.07) is 7.41. The Kier molecular flexibility index (Phi) is 4.18. The van der Waals surface area contributed by atoms with Crippen molar-refractivity contribution in [2.75, 3.05) is 0 Å². The number of hydrogen-bond donors (Lipinski definition) is 0. The van der Waals surface area contributed by atoms with Crippen molar-refractivity contribution in [2.24, 2.45) is 0 Å². The van der Waals surface area contributed by atoms with Crippen molar-refractivity contribution in [1.29, 1.82) is 0 Å². The van der Waals surface area contributed by atoms with Crippen LogP contribution in [0.25, 0.3) is 22.4 Å². The van der Waals surface area contributed by atoms with E-state index in [4.69, 9.17) is 0 Å². The van der Waals surface area contributed by atoms with E-state index >= 15 is 0 Å². The Labute approximate surface area is 138 Å². The summed E-state index contributed by atoms with van der Waals surface area (Å²) < 4.78 is 55.0. The molecule has 1 aromatic heterocycles. The van der Waals surface area contributed by atoms with Gasteiger partial charge in [0, 0.05) is 17.3 Å². The van der Waals surface area contributed by atoms with Crippen LogP contribution in [0.1, 0.15) is 0 Å². The molecular formula is C17H8F4N2O2. The van der Waals surface area contributed by atoms with E-state index < -0.39 is 45.1 Å². The van der Waals surface area contributed by atoms with Crippen LogP contribution in [-0.4, -0.2) is 9.91 Å². The van der Waals surface area contributed by atoms with E-state index in [1.165, 1.54) is 6.07 Å². The van der Waals surface area contributed by atoms with E-state index in [0.29, 0.717) is 0 Å². The number of nitro groups is 1. The zero-order valence-electron chi connectivity index (χ0n) is 12.3. The first kappa shape index (κ1) is 16.6. The van der Waals surface area contributed by atoms with Crippen LogP contribution >= 0.6 is 0 Å². The van der Waals surface area contributed by atoms with Gasteiger partial charge in [0.25, 0.3) is 0 Å². The molecule has 0 radical (unpaired) electrons. The molecular weight excluding hydrogens is 340 g/mol. The lowest BCUT2D eigenvalue weighted by molar-refractivity contribution is -0.383. The lowest BCUT2D eigenvalue weighted by Gasteiger charge is -2.09. The van der Waals surface area contributed by atoms with E-state index in [1.54, 1.807) is 0 Å². The third kappa shape index (κ3) is 2.82. The van der Waals surface area contributed by atoms with Crippen LogP contribution in [0.15, 0.2) is 48.7 Å². The maximum absolute atomic E-state index is 14.1. The molecule has 0 aliphatic carbocycles. The fourth-order valence-corrected chi connectivity index (χ4v) is 2.45. The van der Waals surface area contributed by atoms with Gasteiger partial charge in [-0.2, -0.15) is 0 Å². The monoisotopic (exact) mass is 348 g/mol. The lowest BCUT2D eigenvalue weighted by Crippen LogP contribution is -2.01. The third-order valence-electron chi connectivity index (χ3n) is 3.56. The second-order valence-electron chi connectivity index (χ2n) is 5.02. The van der Waals surface area contributed by atoms with Crippen LogP contribution in [0.3, 0.4) is 0 Å². The molecule has 4 nitrogen and oxygen atoms in total. The summed E-state index contributed by atoms with van der Waals surface area (Å²) in [5.74, 6) is -5.02. The molecule has 0 saturated carbocycles. The maximum Gasteiger partial charge on any atom is 0.303 e. The van der Waals surface area contributed by atoms with Gasteiger partial charge in [0.05, 0.1) is 10.5 Å². The number of benzene rings is 2. The molecule has 2 aromatic carbocycles. The third-order valence-corrected chi connectivity index (χ3v) is 3.56. The molecule has 1 heterocycles. The predicted molar refractivity (Wildman–Crippen MR) is 81.6 cm³/mol. The van der Waals surface area contributed by atoms with Crippen molar-refractivity contribution >= 4 is 5.69 Å². The Morgan fingerprint density at radius 2 is 1.36 bits per heavy atom. The molecule has 0 spiro atoms. The van der Waals surface area contributed by atoms with Gasteiger partial charge in [0.15, 0.2) is 29.0 Å². The number of hydrogen-bond acceptors (Lipinski definition) is 3. The zero-order chi connectivity index (χ0) is 18.1. The fraction of sp³-hybridized carbons (Fsp3) is 0. The second-order valence-corrected chi connectivity index (χ2v) is 5.02. The molecule has 126 valence electrons. The number of rotatable bonds is 3. The highest BCUT2D eigenvalue weighted by molar-refractivity contribution is 5.83. The van der Waals surface area contributed by atoms with E-state index in [9.17, 15) is 27.7 Å². The van der Waals surface area contributed by atoms with Crippen molar-refractivity contribution in [1.82, 2.24) is 4.98 Å². The molecule has 0 unspecified atom stereocenters. The summed E-state index contributed by atoms with van der Waals surface area (Å²) in [4.78, 5) is 14.4. The van der Waals surface area contributed by atoms with Crippen LogP contribution in [0, 0.1) is 33.4 Å². The molecule has 3 aromatic rings. The Morgan fingerprint density at radius 3 is 1.96 bits per heavy atom. The van der Waals surface area contributed by atoms with Gasteiger partial charge in [0.1, 0.15) is 0 Å². The average Bonchev–Trinajstić information content (AvgIpc) is 2.59. The first-order chi connectivity index (χ1) is 11.9. The SMILES string of the molecule is O=[N+]([O-])c1c(-c2cccc(F)c2F)ccnc1-c1cccc(F)c1F. The van der Waals surface area contributed by atoms with Crippen LogP contribution < -0.4 is 0 Å². The highest BCUT2D eigenvalue weighted by atomic mass is 19.2. The van der Waals surface area contributed by atoms with Gasteiger partial charge >= 0.3 is 5.69 Å². The average molecular weight is 348 g/mol. The second kappa shape index (κ2) is 6.31. The Bertz CT molecular complexity index is 923. The molecule has 0 aliphatic heterocycles. The Balaban J connectivity index is 2.35. The molecule has 0 atom stereocenters. The van der Waals surface area contributed by atoms with E-state index in [1.807, 2.05) is 0 Å². The van der Waals surface area contributed by atoms with E-state index in [0.717, 1.165) is 42.6 Å². The number of pyridine rings is 1. The summed E-state index contributed by atoms with van der Waals surface area (Å²) in [6.07, 6.45) is 1.08. The molecule has 3 rings (SSSR count). The van der Waals surface area contributed by atoms with Gasteiger partial charge in [-0.05, 0) is 24.3 Å². The molecule has 0 aliphatic rings. The summed E-state index contributed by atoms with van der Waals surface area (Å²) in [5.41, 5.74) is -2.37. The smallest absolute Gasteiger partial charge is 0.258 e. The van der Waals surface area contributed by atoms with Crippen LogP contribution in [0.2, 0.25) is 0 Å². The highest BCUT2D eigenvalue weighted by Crippen LogP contribution is 2.39. The van der Waals surface area contributed by atoms with Gasteiger partial charge in [-0.3, -0.25) is 10.1 Å². The van der Waals surface area contributed by atoms with Gasteiger partial charge < -0.3 is 0 Å². The van der Waals surface area contributed by atoms with Gasteiger partial charge in [-0.25, -0.2) is 22.5 Å². The Morgan fingerprint density at radius 1 is 0.800 bits per heavy atom. The molecule has 0 bridgehead atoms.